The van der Waals surface area contributed by atoms with Crippen molar-refractivity contribution in [1.82, 2.24) is 9.78 Å². The first-order valence-electron chi connectivity index (χ1n) is 10.0. The summed E-state index contributed by atoms with van der Waals surface area (Å²) in [6, 6.07) is 11.7. The Morgan fingerprint density at radius 3 is 2.42 bits per heavy atom. The molecule has 3 aromatic rings. The maximum atomic E-state index is 13.0. The highest BCUT2D eigenvalue weighted by atomic mass is 19.4. The van der Waals surface area contributed by atoms with Crippen molar-refractivity contribution in [2.45, 2.75) is 25.9 Å². The molecular weight excluding hydrogens is 439 g/mol. The number of ether oxygens (including phenoxy) is 2. The predicted octanol–water partition coefficient (Wildman–Crippen LogP) is 4.90. The SMILES string of the molecule is COc1cc(C(C)=O)ccc1OCCCC(=O)Nc1ccc(-n2nccc2C(F)(F)F)cc1. The van der Waals surface area contributed by atoms with E-state index in [4.69, 9.17) is 9.47 Å². The van der Waals surface area contributed by atoms with Gasteiger partial charge in [0, 0.05) is 17.7 Å². The number of carbonyl (C=O) groups is 2. The van der Waals surface area contributed by atoms with Crippen molar-refractivity contribution in [1.29, 1.82) is 0 Å². The van der Waals surface area contributed by atoms with Crippen LogP contribution >= 0.6 is 0 Å². The second kappa shape index (κ2) is 10.2. The van der Waals surface area contributed by atoms with Gasteiger partial charge >= 0.3 is 6.18 Å². The van der Waals surface area contributed by atoms with Crippen LogP contribution in [0, 0.1) is 0 Å². The van der Waals surface area contributed by atoms with E-state index in [1.165, 1.54) is 38.3 Å². The standard InChI is InChI=1S/C23H22F3N3O4/c1-15(30)16-5-10-19(20(14-16)32-2)33-13-3-4-22(31)28-17-6-8-18(9-7-17)29-21(11-12-27-29)23(24,25)26/h5-12,14H,3-4,13H2,1-2H3,(H,28,31). The molecule has 33 heavy (non-hydrogen) atoms. The molecule has 3 rings (SSSR count). The second-order valence-electron chi connectivity index (χ2n) is 7.09. The number of ketones is 1. The first-order valence-corrected chi connectivity index (χ1v) is 10.0. The number of hydrogen-bond acceptors (Lipinski definition) is 5. The van der Waals surface area contributed by atoms with Crippen molar-refractivity contribution >= 4 is 17.4 Å². The Hall–Kier alpha value is -3.82. The van der Waals surface area contributed by atoms with Gasteiger partial charge in [-0.2, -0.15) is 18.3 Å². The van der Waals surface area contributed by atoms with Crippen LogP contribution in [0.5, 0.6) is 11.5 Å². The van der Waals surface area contributed by atoms with Gasteiger partial charge in [-0.05, 0) is 61.9 Å². The molecule has 0 saturated heterocycles. The van der Waals surface area contributed by atoms with Crippen LogP contribution < -0.4 is 14.8 Å². The van der Waals surface area contributed by atoms with Gasteiger partial charge < -0.3 is 14.8 Å². The van der Waals surface area contributed by atoms with Crippen molar-refractivity contribution in [3.05, 3.63) is 66.0 Å². The molecule has 174 valence electrons. The maximum absolute atomic E-state index is 13.0. The summed E-state index contributed by atoms with van der Waals surface area (Å²) in [6.45, 7) is 1.71. The van der Waals surface area contributed by atoms with Crippen LogP contribution in [0.4, 0.5) is 18.9 Å². The Labute approximate surface area is 188 Å². The summed E-state index contributed by atoms with van der Waals surface area (Å²) in [6.07, 6.45) is -2.85. The summed E-state index contributed by atoms with van der Waals surface area (Å²) >= 11 is 0. The molecule has 0 spiro atoms. The molecule has 0 bridgehead atoms. The predicted molar refractivity (Wildman–Crippen MR) is 115 cm³/mol. The second-order valence-corrected chi connectivity index (χ2v) is 7.09. The highest BCUT2D eigenvalue weighted by Crippen LogP contribution is 2.31. The van der Waals surface area contributed by atoms with E-state index in [0.29, 0.717) is 29.2 Å². The van der Waals surface area contributed by atoms with Crippen molar-refractivity contribution < 1.29 is 32.2 Å². The van der Waals surface area contributed by atoms with E-state index >= 15 is 0 Å². The molecule has 1 amide bonds. The summed E-state index contributed by atoms with van der Waals surface area (Å²) in [5.41, 5.74) is 0.300. The number of alkyl halides is 3. The minimum atomic E-state index is -4.52. The molecule has 1 heterocycles. The zero-order valence-corrected chi connectivity index (χ0v) is 18.0. The van der Waals surface area contributed by atoms with Gasteiger partial charge in [0.2, 0.25) is 5.91 Å². The molecule has 1 N–H and O–H groups in total. The van der Waals surface area contributed by atoms with Crippen LogP contribution in [-0.4, -0.2) is 35.2 Å². The summed E-state index contributed by atoms with van der Waals surface area (Å²) in [5, 5.41) is 6.41. The number of benzene rings is 2. The number of carbonyl (C=O) groups excluding carboxylic acids is 2. The third-order valence-corrected chi connectivity index (χ3v) is 4.70. The van der Waals surface area contributed by atoms with Crippen LogP contribution in [0.3, 0.4) is 0 Å². The highest BCUT2D eigenvalue weighted by Gasteiger charge is 2.35. The number of amides is 1. The molecule has 0 unspecified atom stereocenters. The number of Topliss-reactive ketones (excluding diaryl/α,β-unsaturated/α-hetero) is 1. The first kappa shape index (κ1) is 23.8. The minimum absolute atomic E-state index is 0.0880. The number of hydrogen-bond donors (Lipinski definition) is 1. The van der Waals surface area contributed by atoms with Crippen molar-refractivity contribution in [2.75, 3.05) is 19.0 Å². The normalized spacial score (nSPS) is 11.2. The number of anilines is 1. The zero-order chi connectivity index (χ0) is 24.0. The molecule has 0 atom stereocenters. The lowest BCUT2D eigenvalue weighted by atomic mass is 10.1. The minimum Gasteiger partial charge on any atom is -0.493 e. The van der Waals surface area contributed by atoms with Gasteiger partial charge in [-0.3, -0.25) is 9.59 Å². The van der Waals surface area contributed by atoms with Crippen LogP contribution in [0.25, 0.3) is 5.69 Å². The lowest BCUT2D eigenvalue weighted by Crippen LogP contribution is -2.14. The van der Waals surface area contributed by atoms with Crippen LogP contribution in [0.15, 0.2) is 54.7 Å². The van der Waals surface area contributed by atoms with E-state index in [-0.39, 0.29) is 30.4 Å². The van der Waals surface area contributed by atoms with Gasteiger partial charge in [0.25, 0.3) is 0 Å². The van der Waals surface area contributed by atoms with Crippen LogP contribution in [0.1, 0.15) is 35.8 Å². The molecule has 1 aromatic heterocycles. The number of methoxy groups -OCH3 is 1. The Morgan fingerprint density at radius 2 is 1.79 bits per heavy atom. The fourth-order valence-electron chi connectivity index (χ4n) is 3.05. The third-order valence-electron chi connectivity index (χ3n) is 4.70. The van der Waals surface area contributed by atoms with E-state index in [2.05, 4.69) is 10.4 Å². The molecule has 0 fully saturated rings. The zero-order valence-electron chi connectivity index (χ0n) is 18.0. The number of aromatic nitrogens is 2. The van der Waals surface area contributed by atoms with Gasteiger partial charge in [0.15, 0.2) is 17.3 Å². The third kappa shape index (κ3) is 6.12. The van der Waals surface area contributed by atoms with Crippen molar-refractivity contribution in [3.8, 4) is 17.2 Å². The molecule has 0 radical (unpaired) electrons. The first-order chi connectivity index (χ1) is 15.7. The molecule has 0 aliphatic carbocycles. The number of halogens is 3. The quantitative estimate of drug-likeness (QED) is 0.362. The monoisotopic (exact) mass is 461 g/mol. The van der Waals surface area contributed by atoms with E-state index in [0.717, 1.165) is 16.9 Å². The topological polar surface area (TPSA) is 82.5 Å². The van der Waals surface area contributed by atoms with E-state index in [1.807, 2.05) is 0 Å². The lowest BCUT2D eigenvalue weighted by Gasteiger charge is -2.12. The maximum Gasteiger partial charge on any atom is 0.433 e. The molecule has 0 aliphatic heterocycles. The largest absolute Gasteiger partial charge is 0.493 e. The van der Waals surface area contributed by atoms with Crippen molar-refractivity contribution in [3.63, 3.8) is 0 Å². The number of nitrogens with one attached hydrogen (secondary N) is 1. The van der Waals surface area contributed by atoms with Gasteiger partial charge in [0.05, 0.1) is 25.6 Å². The summed E-state index contributed by atoms with van der Waals surface area (Å²) in [5.74, 6) is 0.545. The fourth-order valence-corrected chi connectivity index (χ4v) is 3.05. The highest BCUT2D eigenvalue weighted by molar-refractivity contribution is 5.94. The van der Waals surface area contributed by atoms with E-state index in [1.54, 1.807) is 18.2 Å². The Kier molecular flexibility index (Phi) is 7.37. The molecule has 0 aliphatic rings. The molecular formula is C23H22F3N3O4. The average Bonchev–Trinajstić information content (AvgIpc) is 3.28. The average molecular weight is 461 g/mol. The summed E-state index contributed by atoms with van der Waals surface area (Å²) in [4.78, 5) is 23.6. The number of nitrogens with zero attached hydrogens (tertiary/aromatic N) is 2. The number of rotatable bonds is 9. The van der Waals surface area contributed by atoms with Gasteiger partial charge in [-0.15, -0.1) is 0 Å². The Morgan fingerprint density at radius 1 is 1.06 bits per heavy atom. The summed E-state index contributed by atoms with van der Waals surface area (Å²) in [7, 11) is 1.47. The summed E-state index contributed by atoms with van der Waals surface area (Å²) < 4.78 is 50.7. The van der Waals surface area contributed by atoms with Crippen molar-refractivity contribution in [2.24, 2.45) is 0 Å². The Bertz CT molecular complexity index is 1120. The molecule has 10 heteroatoms. The smallest absolute Gasteiger partial charge is 0.433 e. The van der Waals surface area contributed by atoms with Crippen LogP contribution in [-0.2, 0) is 11.0 Å². The van der Waals surface area contributed by atoms with Gasteiger partial charge in [-0.1, -0.05) is 0 Å². The van der Waals surface area contributed by atoms with Crippen LogP contribution in [0.2, 0.25) is 0 Å². The fraction of sp³-hybridized carbons (Fsp3) is 0.261. The molecule has 2 aromatic carbocycles. The Balaban J connectivity index is 1.50. The molecule has 0 saturated carbocycles. The molecule has 7 nitrogen and oxygen atoms in total. The van der Waals surface area contributed by atoms with Gasteiger partial charge in [0.1, 0.15) is 5.69 Å². The van der Waals surface area contributed by atoms with E-state index < -0.39 is 11.9 Å². The van der Waals surface area contributed by atoms with Gasteiger partial charge in [-0.25, -0.2) is 4.68 Å². The lowest BCUT2D eigenvalue weighted by molar-refractivity contribution is -0.142. The van der Waals surface area contributed by atoms with E-state index in [9.17, 15) is 22.8 Å².